The van der Waals surface area contributed by atoms with Gasteiger partial charge in [0.2, 0.25) is 0 Å². The third kappa shape index (κ3) is 4.84. The van der Waals surface area contributed by atoms with E-state index in [1.54, 1.807) is 24.0 Å². The number of hydrogen-bond donors (Lipinski definition) is 0. The number of carbonyl (C=O) groups excluding carboxylic acids is 1. The van der Waals surface area contributed by atoms with Gasteiger partial charge >= 0.3 is 5.69 Å². The Bertz CT molecular complexity index is 786. The van der Waals surface area contributed by atoms with Crippen LogP contribution >= 0.6 is 0 Å². The zero-order valence-corrected chi connectivity index (χ0v) is 15.4. The molecule has 0 radical (unpaired) electrons. The average Bonchev–Trinajstić information content (AvgIpc) is 2.69. The first-order valence-corrected chi connectivity index (χ1v) is 9.27. The van der Waals surface area contributed by atoms with E-state index in [0.717, 1.165) is 19.3 Å². The van der Waals surface area contributed by atoms with Crippen molar-refractivity contribution in [2.45, 2.75) is 32.3 Å². The van der Waals surface area contributed by atoms with Gasteiger partial charge in [-0.3, -0.25) is 14.9 Å². The van der Waals surface area contributed by atoms with Crippen LogP contribution in [0.15, 0.2) is 54.6 Å². The summed E-state index contributed by atoms with van der Waals surface area (Å²) in [5.74, 6) is 0.580. The minimum Gasteiger partial charge on any atom is -0.474 e. The van der Waals surface area contributed by atoms with Crippen molar-refractivity contribution in [3.05, 3.63) is 70.3 Å². The molecule has 3 rings (SSSR count). The van der Waals surface area contributed by atoms with Crippen LogP contribution in [0.4, 0.5) is 5.69 Å². The highest BCUT2D eigenvalue weighted by molar-refractivity contribution is 5.81. The monoisotopic (exact) mass is 368 g/mol. The Hall–Kier alpha value is -2.89. The molecule has 1 unspecified atom stereocenters. The maximum Gasteiger partial charge on any atom is 0.310 e. The van der Waals surface area contributed by atoms with Crippen molar-refractivity contribution in [1.29, 1.82) is 0 Å². The minimum absolute atomic E-state index is 0.119. The first-order valence-electron chi connectivity index (χ1n) is 9.27. The standard InChI is InChI=1S/C21H24N2O4/c1-16(27-20-10-6-5-9-19(20)23(25)26)21(24)22-13-11-18(12-14-22)15-17-7-3-2-4-8-17/h2-10,16,18H,11-15H2,1H3. The predicted molar refractivity (Wildman–Crippen MR) is 103 cm³/mol. The number of piperidine rings is 1. The van der Waals surface area contributed by atoms with Crippen molar-refractivity contribution < 1.29 is 14.5 Å². The fourth-order valence-electron chi connectivity index (χ4n) is 3.51. The van der Waals surface area contributed by atoms with Gasteiger partial charge in [-0.25, -0.2) is 0 Å². The third-order valence-corrected chi connectivity index (χ3v) is 5.01. The van der Waals surface area contributed by atoms with Crippen LogP contribution in [0.5, 0.6) is 5.75 Å². The molecule has 27 heavy (non-hydrogen) atoms. The van der Waals surface area contributed by atoms with Crippen LogP contribution in [-0.4, -0.2) is 34.9 Å². The molecule has 1 saturated heterocycles. The lowest BCUT2D eigenvalue weighted by molar-refractivity contribution is -0.386. The van der Waals surface area contributed by atoms with E-state index in [-0.39, 0.29) is 17.3 Å². The highest BCUT2D eigenvalue weighted by Crippen LogP contribution is 2.28. The molecule has 1 atom stereocenters. The molecule has 6 nitrogen and oxygen atoms in total. The van der Waals surface area contributed by atoms with Crippen LogP contribution in [0.1, 0.15) is 25.3 Å². The highest BCUT2D eigenvalue weighted by atomic mass is 16.6. The normalized spacial score (nSPS) is 16.0. The quantitative estimate of drug-likeness (QED) is 0.573. The number of carbonyl (C=O) groups is 1. The molecule has 2 aromatic carbocycles. The Balaban J connectivity index is 1.54. The summed E-state index contributed by atoms with van der Waals surface area (Å²) in [6.45, 7) is 3.04. The number of ether oxygens (including phenoxy) is 1. The van der Waals surface area contributed by atoms with Gasteiger partial charge in [0.1, 0.15) is 0 Å². The van der Waals surface area contributed by atoms with Gasteiger partial charge in [-0.2, -0.15) is 0 Å². The lowest BCUT2D eigenvalue weighted by Crippen LogP contribution is -2.45. The summed E-state index contributed by atoms with van der Waals surface area (Å²) in [4.78, 5) is 25.1. The third-order valence-electron chi connectivity index (χ3n) is 5.01. The zero-order chi connectivity index (χ0) is 19.2. The average molecular weight is 368 g/mol. The molecule has 1 heterocycles. The molecular weight excluding hydrogens is 344 g/mol. The number of para-hydroxylation sites is 2. The minimum atomic E-state index is -0.753. The van der Waals surface area contributed by atoms with Gasteiger partial charge in [-0.15, -0.1) is 0 Å². The summed E-state index contributed by atoms with van der Waals surface area (Å²) in [6, 6.07) is 16.5. The second-order valence-electron chi connectivity index (χ2n) is 6.94. The molecule has 1 aliphatic heterocycles. The van der Waals surface area contributed by atoms with Crippen molar-refractivity contribution in [1.82, 2.24) is 4.90 Å². The Morgan fingerprint density at radius 3 is 2.44 bits per heavy atom. The fourth-order valence-corrected chi connectivity index (χ4v) is 3.51. The van der Waals surface area contributed by atoms with E-state index >= 15 is 0 Å². The predicted octanol–water partition coefficient (Wildman–Crippen LogP) is 3.84. The molecule has 2 aromatic rings. The van der Waals surface area contributed by atoms with Gasteiger partial charge in [0.05, 0.1) is 4.92 Å². The van der Waals surface area contributed by atoms with Crippen molar-refractivity contribution >= 4 is 11.6 Å². The SMILES string of the molecule is CC(Oc1ccccc1[N+](=O)[O-])C(=O)N1CCC(Cc2ccccc2)CC1. The molecular formula is C21H24N2O4. The molecule has 1 aliphatic rings. The molecule has 0 N–H and O–H groups in total. The summed E-state index contributed by atoms with van der Waals surface area (Å²) in [5, 5.41) is 11.1. The molecule has 0 saturated carbocycles. The lowest BCUT2D eigenvalue weighted by atomic mass is 9.90. The Labute approximate surface area is 158 Å². The van der Waals surface area contributed by atoms with Crippen molar-refractivity contribution in [2.75, 3.05) is 13.1 Å². The first kappa shape index (κ1) is 18.9. The van der Waals surface area contributed by atoms with Crippen LogP contribution in [-0.2, 0) is 11.2 Å². The Kier molecular flexibility index (Phi) is 6.06. The molecule has 1 fully saturated rings. The molecule has 1 amide bonds. The van der Waals surface area contributed by atoms with Crippen LogP contribution in [0.2, 0.25) is 0 Å². The van der Waals surface area contributed by atoms with E-state index in [0.29, 0.717) is 19.0 Å². The first-order chi connectivity index (χ1) is 13.0. The summed E-state index contributed by atoms with van der Waals surface area (Å²) in [6.07, 6.45) is 2.19. The summed E-state index contributed by atoms with van der Waals surface area (Å²) < 4.78 is 5.61. The Morgan fingerprint density at radius 1 is 1.15 bits per heavy atom. The second kappa shape index (κ2) is 8.66. The lowest BCUT2D eigenvalue weighted by Gasteiger charge is -2.33. The van der Waals surface area contributed by atoms with Gasteiger partial charge < -0.3 is 9.64 Å². The zero-order valence-electron chi connectivity index (χ0n) is 15.4. The maximum atomic E-state index is 12.7. The topological polar surface area (TPSA) is 72.7 Å². The van der Waals surface area contributed by atoms with Gasteiger partial charge in [-0.1, -0.05) is 42.5 Å². The summed E-state index contributed by atoms with van der Waals surface area (Å²) in [5.41, 5.74) is 1.20. The molecule has 0 bridgehead atoms. The number of benzene rings is 2. The smallest absolute Gasteiger partial charge is 0.310 e. The number of nitro benzene ring substituents is 1. The molecule has 0 spiro atoms. The molecule has 0 aromatic heterocycles. The van der Waals surface area contributed by atoms with Gasteiger partial charge in [0.15, 0.2) is 11.9 Å². The van der Waals surface area contributed by atoms with E-state index in [1.807, 2.05) is 6.07 Å². The Morgan fingerprint density at radius 2 is 1.78 bits per heavy atom. The van der Waals surface area contributed by atoms with Crippen LogP contribution in [0.25, 0.3) is 0 Å². The number of rotatable bonds is 6. The van der Waals surface area contributed by atoms with E-state index in [9.17, 15) is 14.9 Å². The summed E-state index contributed by atoms with van der Waals surface area (Å²) >= 11 is 0. The van der Waals surface area contributed by atoms with Crippen molar-refractivity contribution in [3.8, 4) is 5.75 Å². The largest absolute Gasteiger partial charge is 0.474 e. The van der Waals surface area contributed by atoms with Crippen LogP contribution in [0.3, 0.4) is 0 Å². The van der Waals surface area contributed by atoms with Crippen molar-refractivity contribution in [2.24, 2.45) is 5.92 Å². The molecule has 0 aliphatic carbocycles. The maximum absolute atomic E-state index is 12.7. The number of hydrogen-bond acceptors (Lipinski definition) is 4. The van der Waals surface area contributed by atoms with Crippen molar-refractivity contribution in [3.63, 3.8) is 0 Å². The summed E-state index contributed by atoms with van der Waals surface area (Å²) in [7, 11) is 0. The number of nitro groups is 1. The fraction of sp³-hybridized carbons (Fsp3) is 0.381. The van der Waals surface area contributed by atoms with E-state index in [2.05, 4.69) is 24.3 Å². The molecule has 142 valence electrons. The van der Waals surface area contributed by atoms with Gasteiger partial charge in [-0.05, 0) is 43.7 Å². The molecule has 6 heteroatoms. The number of likely N-dealkylation sites (tertiary alicyclic amines) is 1. The van der Waals surface area contributed by atoms with Crippen LogP contribution in [0, 0.1) is 16.0 Å². The highest BCUT2D eigenvalue weighted by Gasteiger charge is 2.28. The number of amides is 1. The van der Waals surface area contributed by atoms with E-state index < -0.39 is 11.0 Å². The van der Waals surface area contributed by atoms with Gasteiger partial charge in [0.25, 0.3) is 5.91 Å². The second-order valence-corrected chi connectivity index (χ2v) is 6.94. The van der Waals surface area contributed by atoms with Gasteiger partial charge in [0, 0.05) is 19.2 Å². The van der Waals surface area contributed by atoms with Crippen LogP contribution < -0.4 is 4.74 Å². The van der Waals surface area contributed by atoms with E-state index in [1.165, 1.54) is 17.7 Å². The number of nitrogens with zero attached hydrogens (tertiary/aromatic N) is 2. The van der Waals surface area contributed by atoms with E-state index in [4.69, 9.17) is 4.74 Å².